The van der Waals surface area contributed by atoms with Crippen molar-refractivity contribution in [1.29, 1.82) is 5.26 Å². The van der Waals surface area contributed by atoms with Crippen LogP contribution < -0.4 is 21.2 Å². The van der Waals surface area contributed by atoms with E-state index in [1.165, 1.54) is 79.7 Å². The van der Waals surface area contributed by atoms with Crippen molar-refractivity contribution in [2.75, 3.05) is 11.9 Å². The number of nitrogens with zero attached hydrogens (tertiary/aromatic N) is 1. The molecule has 1 saturated heterocycles. The van der Waals surface area contributed by atoms with Crippen LogP contribution in [0.15, 0.2) is 114 Å². The van der Waals surface area contributed by atoms with Crippen molar-refractivity contribution in [2.45, 2.75) is 36.3 Å². The molecule has 1 fully saturated rings. The summed E-state index contributed by atoms with van der Waals surface area (Å²) in [5.41, 5.74) is -7.07. The maximum atomic E-state index is 16.8. The summed E-state index contributed by atoms with van der Waals surface area (Å²) in [4.78, 5) is 14.4. The molecule has 5 rings (SSSR count). The van der Waals surface area contributed by atoms with E-state index >= 15 is 17.6 Å². The topological polar surface area (TPSA) is 71.3 Å². The van der Waals surface area contributed by atoms with Gasteiger partial charge in [-0.25, -0.2) is 0 Å². The first-order chi connectivity index (χ1) is 22.1. The van der Waals surface area contributed by atoms with Crippen LogP contribution in [0.3, 0.4) is 0 Å². The van der Waals surface area contributed by atoms with Crippen LogP contribution in [-0.2, 0) is 14.1 Å². The Bertz CT molecular complexity index is 1720. The maximum absolute atomic E-state index is 16.8. The van der Waals surface area contributed by atoms with Gasteiger partial charge in [-0.05, 0) is 0 Å². The molecule has 0 unspecified atom stereocenters. The van der Waals surface area contributed by atoms with E-state index in [1.807, 2.05) is 6.07 Å². The molecule has 0 spiro atoms. The van der Waals surface area contributed by atoms with Gasteiger partial charge in [0.15, 0.2) is 0 Å². The Morgan fingerprint density at radius 3 is 1.72 bits per heavy atom. The number of hydrogen-bond acceptors (Lipinski definition) is 5. The van der Waals surface area contributed by atoms with Crippen LogP contribution in [0.25, 0.3) is 0 Å². The van der Waals surface area contributed by atoms with Crippen LogP contribution in [0.4, 0.5) is 36.4 Å². The normalized spacial score (nSPS) is 21.3. The van der Waals surface area contributed by atoms with Gasteiger partial charge in [0.25, 0.3) is 0 Å². The van der Waals surface area contributed by atoms with Crippen molar-refractivity contribution in [2.24, 2.45) is 0 Å². The summed E-state index contributed by atoms with van der Waals surface area (Å²) < 4.78 is 118. The number of nitriles is 1. The zero-order chi connectivity index (χ0) is 34.3. The molecule has 4 aromatic carbocycles. The second kappa shape index (κ2) is 11.9. The molecular formula is C33H25BrF7N2O3P. The van der Waals surface area contributed by atoms with Crippen LogP contribution in [-0.4, -0.2) is 42.0 Å². The van der Waals surface area contributed by atoms with Gasteiger partial charge < -0.3 is 0 Å². The van der Waals surface area contributed by atoms with E-state index in [2.05, 4.69) is 21.2 Å². The number of anilines is 1. The number of carbonyl (C=O) groups excluding carboxylic acids is 1. The van der Waals surface area contributed by atoms with Crippen LogP contribution >= 0.6 is 22.8 Å². The predicted molar refractivity (Wildman–Crippen MR) is 168 cm³/mol. The Hall–Kier alpha value is -3.98. The Morgan fingerprint density at radius 2 is 1.34 bits per heavy atom. The molecule has 4 aromatic rings. The Labute approximate surface area is 273 Å². The first-order valence-electron chi connectivity index (χ1n) is 14.0. The third-order valence-corrected chi connectivity index (χ3v) is 15.0. The predicted octanol–water partition coefficient (Wildman–Crippen LogP) is 7.67. The van der Waals surface area contributed by atoms with E-state index in [9.17, 15) is 23.2 Å². The van der Waals surface area contributed by atoms with Gasteiger partial charge in [-0.1, -0.05) is 0 Å². The molecule has 246 valence electrons. The van der Waals surface area contributed by atoms with E-state index < -0.39 is 54.5 Å². The number of alkyl halides is 7. The van der Waals surface area contributed by atoms with Crippen LogP contribution in [0.2, 0.25) is 0 Å². The van der Waals surface area contributed by atoms with Crippen molar-refractivity contribution in [1.82, 2.24) is 0 Å². The first-order valence-corrected chi connectivity index (χ1v) is 17.0. The Morgan fingerprint density at radius 1 is 0.872 bits per heavy atom. The zero-order valence-electron chi connectivity index (χ0n) is 24.3. The SMILES string of the molecule is CCOC(=O)[C@H]1[C@](Nc2ccc(C#N)cc2Br)(C(F)(F)C(F)(F)C(F)(F)F)OP1(c1ccccc1)(c1ccccc1)c1ccccc1. The van der Waals surface area contributed by atoms with E-state index in [0.717, 1.165) is 18.2 Å². The molecule has 0 aromatic heterocycles. The number of halogens is 8. The summed E-state index contributed by atoms with van der Waals surface area (Å²) >= 11 is 3.09. The number of carbonyl (C=O) groups is 1. The number of benzene rings is 4. The van der Waals surface area contributed by atoms with Gasteiger partial charge in [-0.3, -0.25) is 0 Å². The fourth-order valence-corrected chi connectivity index (χ4v) is 13.3. The van der Waals surface area contributed by atoms with Gasteiger partial charge in [-0.2, -0.15) is 0 Å². The number of esters is 1. The van der Waals surface area contributed by atoms with Gasteiger partial charge in [0.05, 0.1) is 0 Å². The summed E-state index contributed by atoms with van der Waals surface area (Å²) in [7, 11) is 0. The number of hydrogen-bond donors (Lipinski definition) is 1. The molecule has 1 aliphatic heterocycles. The summed E-state index contributed by atoms with van der Waals surface area (Å²) in [6.07, 6.45) is -6.78. The zero-order valence-corrected chi connectivity index (χ0v) is 26.8. The summed E-state index contributed by atoms with van der Waals surface area (Å²) in [5.74, 6) is -14.4. The average molecular weight is 741 g/mol. The molecule has 5 nitrogen and oxygen atoms in total. The molecule has 1 N–H and O–H groups in total. The summed E-state index contributed by atoms with van der Waals surface area (Å²) in [6, 6.07) is 27.6. The minimum atomic E-state index is -6.78. The second-order valence-electron chi connectivity index (χ2n) is 10.7. The summed E-state index contributed by atoms with van der Waals surface area (Å²) in [5, 5.41) is 11.7. The number of ether oxygens (including phenoxy) is 1. The Kier molecular flexibility index (Phi) is 8.71. The quantitative estimate of drug-likeness (QED) is 0.108. The van der Waals surface area contributed by atoms with E-state index in [0.29, 0.717) is 0 Å². The molecule has 1 heterocycles. The van der Waals surface area contributed by atoms with Crippen molar-refractivity contribution in [3.05, 3.63) is 119 Å². The van der Waals surface area contributed by atoms with Gasteiger partial charge in [-0.15, -0.1) is 0 Å². The molecule has 0 amide bonds. The number of nitrogens with one attached hydrogen (secondary N) is 1. The van der Waals surface area contributed by atoms with E-state index in [1.54, 1.807) is 18.2 Å². The van der Waals surface area contributed by atoms with Crippen molar-refractivity contribution >= 4 is 50.3 Å². The standard InChI is InChI=1S/C33H25BrF7N2O3P/c1-2-45-29(44)28-30(31(35,36)32(37,38)33(39,40)41,43-27-19-18-22(21-42)20-26(27)34)46-47(28,23-12-6-3-7-13-23,24-14-8-4-9-15-24)25-16-10-5-11-17-25/h3-20,28,43H,2H2,1H3/t28-,30+/m0/s1. The van der Waals surface area contributed by atoms with Crippen molar-refractivity contribution < 1.29 is 44.8 Å². The van der Waals surface area contributed by atoms with Crippen molar-refractivity contribution in [3.63, 3.8) is 0 Å². The molecule has 0 radical (unpaired) electrons. The molecule has 47 heavy (non-hydrogen) atoms. The van der Waals surface area contributed by atoms with Gasteiger partial charge >= 0.3 is 274 Å². The molecule has 0 aliphatic carbocycles. The first kappa shape index (κ1) is 34.4. The minimum absolute atomic E-state index is 0.0119. The molecule has 2 atom stereocenters. The molecule has 0 bridgehead atoms. The molecular weight excluding hydrogens is 716 g/mol. The molecule has 14 heteroatoms. The third-order valence-electron chi connectivity index (χ3n) is 8.16. The molecule has 1 aliphatic rings. The fourth-order valence-electron chi connectivity index (χ4n) is 6.21. The van der Waals surface area contributed by atoms with E-state index in [4.69, 9.17) is 9.26 Å². The monoisotopic (exact) mass is 740 g/mol. The van der Waals surface area contributed by atoms with Gasteiger partial charge in [0.1, 0.15) is 0 Å². The van der Waals surface area contributed by atoms with Crippen LogP contribution in [0.1, 0.15) is 12.5 Å². The van der Waals surface area contributed by atoms with Crippen LogP contribution in [0, 0.1) is 11.3 Å². The fraction of sp³-hybridized carbons (Fsp3) is 0.212. The van der Waals surface area contributed by atoms with Crippen LogP contribution in [0.5, 0.6) is 0 Å². The third kappa shape index (κ3) is 4.75. The van der Waals surface area contributed by atoms with Gasteiger partial charge in [0, 0.05) is 0 Å². The second-order valence-corrected chi connectivity index (χ2v) is 16.0. The average Bonchev–Trinajstić information content (AvgIpc) is 3.04. The number of rotatable bonds is 9. The van der Waals surface area contributed by atoms with Gasteiger partial charge in [0.2, 0.25) is 0 Å². The van der Waals surface area contributed by atoms with E-state index in [-0.39, 0.29) is 25.9 Å². The van der Waals surface area contributed by atoms with Crippen molar-refractivity contribution in [3.8, 4) is 6.07 Å². The Balaban J connectivity index is 2.00. The molecule has 0 saturated carbocycles. The summed E-state index contributed by atoms with van der Waals surface area (Å²) in [6.45, 7) is -4.44.